The second-order valence-electron chi connectivity index (χ2n) is 4.14. The topological polar surface area (TPSA) is 34.4 Å². The monoisotopic (exact) mass is 248 g/mol. The summed E-state index contributed by atoms with van der Waals surface area (Å²) in [6.07, 6.45) is 1.03. The van der Waals surface area contributed by atoms with Gasteiger partial charge in [-0.05, 0) is 31.0 Å². The van der Waals surface area contributed by atoms with Crippen LogP contribution in [0.3, 0.4) is 0 Å². The van der Waals surface area contributed by atoms with Gasteiger partial charge in [0.25, 0.3) is 0 Å². The van der Waals surface area contributed by atoms with Crippen molar-refractivity contribution in [1.82, 2.24) is 4.57 Å². The van der Waals surface area contributed by atoms with Gasteiger partial charge in [-0.1, -0.05) is 24.3 Å². The minimum absolute atomic E-state index is 0.141. The Labute approximate surface area is 104 Å². The van der Waals surface area contributed by atoms with Crippen LogP contribution < -0.4 is 4.80 Å². The van der Waals surface area contributed by atoms with E-state index in [1.54, 1.807) is 11.3 Å². The number of hydrogen-bond donors (Lipinski definition) is 0. The summed E-state index contributed by atoms with van der Waals surface area (Å²) in [6, 6.07) is 6.35. The van der Waals surface area contributed by atoms with Gasteiger partial charge in [-0.2, -0.15) is 4.99 Å². The van der Waals surface area contributed by atoms with Crippen molar-refractivity contribution in [3.63, 3.8) is 0 Å². The average molecular weight is 248 g/mol. The molecule has 4 heteroatoms. The maximum atomic E-state index is 11.1. The standard InChI is InChI=1S/C13H16N2OS/c1-4-7-15-11-6-5-9(2)8-12(11)17-13(15)14-10(3)16/h5-6,8H,4,7H2,1-3H3. The first kappa shape index (κ1) is 12.0. The molecule has 0 saturated heterocycles. The Hall–Kier alpha value is -1.42. The summed E-state index contributed by atoms with van der Waals surface area (Å²) in [7, 11) is 0. The highest BCUT2D eigenvalue weighted by atomic mass is 32.1. The molecule has 0 bridgehead atoms. The van der Waals surface area contributed by atoms with Crippen LogP contribution >= 0.6 is 11.3 Å². The molecule has 1 aromatic heterocycles. The Balaban J connectivity index is 2.74. The number of aryl methyl sites for hydroxylation is 2. The minimum atomic E-state index is -0.141. The third-order valence-corrected chi connectivity index (χ3v) is 3.58. The summed E-state index contributed by atoms with van der Waals surface area (Å²) in [5, 5.41) is 0. The second-order valence-corrected chi connectivity index (χ2v) is 5.15. The number of nitrogens with zero attached hydrogens (tertiary/aromatic N) is 2. The largest absolute Gasteiger partial charge is 0.316 e. The van der Waals surface area contributed by atoms with Crippen molar-refractivity contribution < 1.29 is 4.79 Å². The van der Waals surface area contributed by atoms with Crippen molar-refractivity contribution in [3.8, 4) is 0 Å². The Bertz CT molecular complexity index is 622. The lowest BCUT2D eigenvalue weighted by Crippen LogP contribution is -2.15. The van der Waals surface area contributed by atoms with E-state index in [-0.39, 0.29) is 5.91 Å². The zero-order chi connectivity index (χ0) is 12.4. The Morgan fingerprint density at radius 3 is 2.88 bits per heavy atom. The lowest BCUT2D eigenvalue weighted by Gasteiger charge is -2.02. The van der Waals surface area contributed by atoms with E-state index < -0.39 is 0 Å². The van der Waals surface area contributed by atoms with Gasteiger partial charge in [-0.25, -0.2) is 0 Å². The van der Waals surface area contributed by atoms with Crippen LogP contribution in [0, 0.1) is 6.92 Å². The number of fused-ring (bicyclic) bond motifs is 1. The van der Waals surface area contributed by atoms with Crippen LogP contribution in [-0.2, 0) is 11.3 Å². The number of carbonyl (C=O) groups excluding carboxylic acids is 1. The summed E-state index contributed by atoms with van der Waals surface area (Å²) < 4.78 is 3.32. The normalized spacial score (nSPS) is 12.3. The number of rotatable bonds is 2. The van der Waals surface area contributed by atoms with Crippen LogP contribution in [0.15, 0.2) is 23.2 Å². The van der Waals surface area contributed by atoms with Crippen molar-refractivity contribution in [2.75, 3.05) is 0 Å². The van der Waals surface area contributed by atoms with E-state index in [1.165, 1.54) is 22.7 Å². The Morgan fingerprint density at radius 2 is 2.24 bits per heavy atom. The van der Waals surface area contributed by atoms with Crippen LogP contribution in [0.25, 0.3) is 10.2 Å². The molecule has 0 spiro atoms. The van der Waals surface area contributed by atoms with Gasteiger partial charge in [-0.3, -0.25) is 4.79 Å². The molecule has 0 fully saturated rings. The molecule has 0 aliphatic carbocycles. The van der Waals surface area contributed by atoms with Crippen LogP contribution in [0.5, 0.6) is 0 Å². The first-order valence-corrected chi connectivity index (χ1v) is 6.58. The lowest BCUT2D eigenvalue weighted by molar-refractivity contribution is -0.116. The van der Waals surface area contributed by atoms with Crippen molar-refractivity contribution in [2.45, 2.75) is 33.7 Å². The molecule has 2 aromatic rings. The lowest BCUT2D eigenvalue weighted by atomic mass is 10.2. The minimum Gasteiger partial charge on any atom is -0.316 e. The van der Waals surface area contributed by atoms with Gasteiger partial charge in [-0.15, -0.1) is 0 Å². The zero-order valence-electron chi connectivity index (χ0n) is 10.4. The van der Waals surface area contributed by atoms with E-state index in [9.17, 15) is 4.79 Å². The molecule has 1 aromatic carbocycles. The number of benzene rings is 1. The van der Waals surface area contributed by atoms with E-state index in [2.05, 4.69) is 41.6 Å². The Kier molecular flexibility index (Phi) is 3.43. The fourth-order valence-corrected chi connectivity index (χ4v) is 3.04. The smallest absolute Gasteiger partial charge is 0.245 e. The van der Waals surface area contributed by atoms with E-state index in [0.29, 0.717) is 0 Å². The van der Waals surface area contributed by atoms with Crippen molar-refractivity contribution in [2.24, 2.45) is 4.99 Å². The molecule has 0 radical (unpaired) electrons. The van der Waals surface area contributed by atoms with Gasteiger partial charge in [0.15, 0.2) is 4.80 Å². The van der Waals surface area contributed by atoms with Gasteiger partial charge >= 0.3 is 0 Å². The first-order chi connectivity index (χ1) is 8.11. The molecular formula is C13H16N2OS. The van der Waals surface area contributed by atoms with Gasteiger partial charge in [0.1, 0.15) is 0 Å². The van der Waals surface area contributed by atoms with Gasteiger partial charge in [0, 0.05) is 13.5 Å². The molecule has 0 aliphatic heterocycles. The molecule has 17 heavy (non-hydrogen) atoms. The fourth-order valence-electron chi connectivity index (χ4n) is 1.84. The molecule has 1 heterocycles. The van der Waals surface area contributed by atoms with E-state index >= 15 is 0 Å². The first-order valence-electron chi connectivity index (χ1n) is 5.77. The predicted octanol–water partition coefficient (Wildman–Crippen LogP) is 2.87. The molecular weight excluding hydrogens is 232 g/mol. The molecule has 0 saturated carbocycles. The molecule has 1 amide bonds. The van der Waals surface area contributed by atoms with Crippen LogP contribution in [0.2, 0.25) is 0 Å². The van der Waals surface area contributed by atoms with Crippen molar-refractivity contribution >= 4 is 27.5 Å². The summed E-state index contributed by atoms with van der Waals surface area (Å²) in [5.41, 5.74) is 2.40. The molecule has 0 atom stereocenters. The van der Waals surface area contributed by atoms with E-state index in [1.807, 2.05) is 0 Å². The highest BCUT2D eigenvalue weighted by Crippen LogP contribution is 2.19. The van der Waals surface area contributed by atoms with Gasteiger partial charge in [0.05, 0.1) is 10.2 Å². The van der Waals surface area contributed by atoms with Crippen molar-refractivity contribution in [3.05, 3.63) is 28.6 Å². The number of hydrogen-bond acceptors (Lipinski definition) is 2. The average Bonchev–Trinajstić information content (AvgIpc) is 2.55. The van der Waals surface area contributed by atoms with Gasteiger partial charge < -0.3 is 4.57 Å². The summed E-state index contributed by atoms with van der Waals surface area (Å²) in [5.74, 6) is -0.141. The third-order valence-electron chi connectivity index (χ3n) is 2.54. The maximum Gasteiger partial charge on any atom is 0.245 e. The molecule has 3 nitrogen and oxygen atoms in total. The zero-order valence-corrected chi connectivity index (χ0v) is 11.2. The highest BCUT2D eigenvalue weighted by molar-refractivity contribution is 7.16. The summed E-state index contributed by atoms with van der Waals surface area (Å²) in [4.78, 5) is 16.0. The number of aromatic nitrogens is 1. The van der Waals surface area contributed by atoms with Crippen LogP contribution in [0.1, 0.15) is 25.8 Å². The maximum absolute atomic E-state index is 11.1. The van der Waals surface area contributed by atoms with Crippen molar-refractivity contribution in [1.29, 1.82) is 0 Å². The SMILES string of the molecule is CCCn1c(=NC(C)=O)sc2cc(C)ccc21. The Morgan fingerprint density at radius 1 is 1.47 bits per heavy atom. The fraction of sp³-hybridized carbons (Fsp3) is 0.385. The summed E-state index contributed by atoms with van der Waals surface area (Å²) in [6.45, 7) is 6.59. The van der Waals surface area contributed by atoms with Crippen LogP contribution in [0.4, 0.5) is 0 Å². The quantitative estimate of drug-likeness (QED) is 0.804. The highest BCUT2D eigenvalue weighted by Gasteiger charge is 2.05. The molecule has 0 aliphatic rings. The number of amides is 1. The molecule has 0 unspecified atom stereocenters. The van der Waals surface area contributed by atoms with E-state index in [0.717, 1.165) is 17.8 Å². The van der Waals surface area contributed by atoms with Gasteiger partial charge in [0.2, 0.25) is 5.91 Å². The van der Waals surface area contributed by atoms with E-state index in [4.69, 9.17) is 0 Å². The summed E-state index contributed by atoms with van der Waals surface area (Å²) >= 11 is 1.58. The third kappa shape index (κ3) is 2.47. The van der Waals surface area contributed by atoms with Crippen LogP contribution in [-0.4, -0.2) is 10.5 Å². The molecule has 0 N–H and O–H groups in total. The number of carbonyl (C=O) groups is 1. The number of thiazole rings is 1. The second kappa shape index (κ2) is 4.84. The molecule has 90 valence electrons. The predicted molar refractivity (Wildman–Crippen MR) is 71.1 cm³/mol. The molecule has 2 rings (SSSR count).